The van der Waals surface area contributed by atoms with Crippen molar-refractivity contribution < 1.29 is 0 Å². The van der Waals surface area contributed by atoms with Crippen LogP contribution in [0.3, 0.4) is 0 Å². The van der Waals surface area contributed by atoms with Crippen molar-refractivity contribution in [2.24, 2.45) is 0 Å². The Balaban J connectivity index is 1.99. The van der Waals surface area contributed by atoms with Gasteiger partial charge in [0, 0.05) is 11.4 Å². The molecule has 3 N–H and O–H groups in total. The minimum absolute atomic E-state index is 0.674. The number of nitrogens with two attached hydrogens (primary N) is 1. The smallest absolute Gasteiger partial charge is 0.119 e. The highest BCUT2D eigenvalue weighted by Crippen LogP contribution is 2.30. The Labute approximate surface area is 88.5 Å². The summed E-state index contributed by atoms with van der Waals surface area (Å²) in [6.07, 6.45) is 4.22. The van der Waals surface area contributed by atoms with Gasteiger partial charge in [-0.05, 0) is 38.1 Å². The molecule has 1 aromatic heterocycles. The van der Waals surface area contributed by atoms with Gasteiger partial charge in [0.25, 0.3) is 0 Å². The van der Waals surface area contributed by atoms with Crippen LogP contribution >= 0.6 is 11.8 Å². The Morgan fingerprint density at radius 3 is 2.93 bits per heavy atom. The van der Waals surface area contributed by atoms with Crippen LogP contribution in [-0.2, 0) is 0 Å². The minimum Gasteiger partial charge on any atom is -0.397 e. The molecule has 0 bridgehead atoms. The molecule has 1 fully saturated rings. The zero-order chi connectivity index (χ0) is 9.80. The zero-order valence-electron chi connectivity index (χ0n) is 8.07. The summed E-state index contributed by atoms with van der Waals surface area (Å²) >= 11 is 1.82. The number of anilines is 1. The number of nitrogens with one attached hydrogen (secondary N) is 1. The Hall–Kier alpha value is -0.740. The lowest BCUT2D eigenvalue weighted by Gasteiger charge is -2.21. The summed E-state index contributed by atoms with van der Waals surface area (Å²) in [6, 6.07) is 3.79. The molecule has 2 rings (SSSR count). The van der Waals surface area contributed by atoms with E-state index in [1.54, 1.807) is 6.20 Å². The van der Waals surface area contributed by atoms with E-state index in [1.807, 2.05) is 23.9 Å². The third kappa shape index (κ3) is 2.39. The molecule has 0 spiro atoms. The molecule has 76 valence electrons. The molecule has 0 atom stereocenters. The van der Waals surface area contributed by atoms with Gasteiger partial charge in [-0.3, -0.25) is 0 Å². The number of rotatable bonds is 2. The van der Waals surface area contributed by atoms with E-state index in [9.17, 15) is 0 Å². The van der Waals surface area contributed by atoms with Gasteiger partial charge < -0.3 is 11.1 Å². The maximum atomic E-state index is 5.84. The lowest BCUT2D eigenvalue weighted by Crippen LogP contribution is -2.29. The van der Waals surface area contributed by atoms with Crippen molar-refractivity contribution in [1.82, 2.24) is 10.3 Å². The molecule has 1 aliphatic rings. The van der Waals surface area contributed by atoms with Crippen molar-refractivity contribution in [2.75, 3.05) is 18.8 Å². The van der Waals surface area contributed by atoms with E-state index < -0.39 is 0 Å². The third-order valence-electron chi connectivity index (χ3n) is 2.37. The average Bonchev–Trinajstić information content (AvgIpc) is 2.23. The van der Waals surface area contributed by atoms with Gasteiger partial charge in [-0.1, -0.05) is 0 Å². The highest BCUT2D eigenvalue weighted by atomic mass is 32.2. The number of pyridine rings is 1. The van der Waals surface area contributed by atoms with Gasteiger partial charge in [-0.25, -0.2) is 4.98 Å². The third-order valence-corrected chi connectivity index (χ3v) is 3.73. The maximum absolute atomic E-state index is 5.84. The van der Waals surface area contributed by atoms with E-state index in [1.165, 1.54) is 12.8 Å². The van der Waals surface area contributed by atoms with Crippen molar-refractivity contribution in [3.05, 3.63) is 18.3 Å². The molecule has 1 aliphatic heterocycles. The topological polar surface area (TPSA) is 50.9 Å². The van der Waals surface area contributed by atoms with Crippen molar-refractivity contribution in [2.45, 2.75) is 23.1 Å². The summed E-state index contributed by atoms with van der Waals surface area (Å²) in [4.78, 5) is 4.29. The van der Waals surface area contributed by atoms with Gasteiger partial charge in [-0.15, -0.1) is 11.8 Å². The van der Waals surface area contributed by atoms with Gasteiger partial charge >= 0.3 is 0 Å². The van der Waals surface area contributed by atoms with E-state index in [0.717, 1.165) is 23.8 Å². The highest BCUT2D eigenvalue weighted by Gasteiger charge is 2.15. The largest absolute Gasteiger partial charge is 0.397 e. The van der Waals surface area contributed by atoms with Crippen LogP contribution in [0.15, 0.2) is 23.4 Å². The van der Waals surface area contributed by atoms with Gasteiger partial charge in [-0.2, -0.15) is 0 Å². The molecule has 1 aromatic rings. The van der Waals surface area contributed by atoms with Crippen LogP contribution in [0.2, 0.25) is 0 Å². The standard InChI is InChI=1S/C10H15N3S/c11-9-2-1-5-13-10(9)14-8-3-6-12-7-4-8/h1-2,5,8,12H,3-4,6-7,11H2. The zero-order valence-corrected chi connectivity index (χ0v) is 8.89. The second-order valence-corrected chi connectivity index (χ2v) is 4.75. The molecule has 0 aromatic carbocycles. The quantitative estimate of drug-likeness (QED) is 0.775. The molecular weight excluding hydrogens is 194 g/mol. The molecular formula is C10H15N3S. The molecule has 2 heterocycles. The van der Waals surface area contributed by atoms with Crippen molar-refractivity contribution in [3.8, 4) is 0 Å². The summed E-state index contributed by atoms with van der Waals surface area (Å²) in [6.45, 7) is 2.23. The second-order valence-electron chi connectivity index (χ2n) is 3.46. The molecule has 0 aliphatic carbocycles. The molecule has 0 radical (unpaired) electrons. The molecule has 0 amide bonds. The van der Waals surface area contributed by atoms with E-state index in [0.29, 0.717) is 5.25 Å². The van der Waals surface area contributed by atoms with Gasteiger partial charge in [0.15, 0.2) is 0 Å². The summed E-state index contributed by atoms with van der Waals surface area (Å²) in [5, 5.41) is 5.01. The van der Waals surface area contributed by atoms with Gasteiger partial charge in [0.05, 0.1) is 5.69 Å². The summed E-state index contributed by atoms with van der Waals surface area (Å²) in [5.74, 6) is 0. The number of nitrogen functional groups attached to an aromatic ring is 1. The van der Waals surface area contributed by atoms with Crippen LogP contribution in [0.1, 0.15) is 12.8 Å². The molecule has 0 unspecified atom stereocenters. The maximum Gasteiger partial charge on any atom is 0.119 e. The first kappa shape index (κ1) is 9.80. The van der Waals surface area contributed by atoms with Crippen molar-refractivity contribution >= 4 is 17.4 Å². The molecule has 4 heteroatoms. The number of thioether (sulfide) groups is 1. The van der Waals surface area contributed by atoms with E-state index >= 15 is 0 Å². The number of nitrogens with zero attached hydrogens (tertiary/aromatic N) is 1. The van der Waals surface area contributed by atoms with Gasteiger partial charge in [0.1, 0.15) is 5.03 Å². The van der Waals surface area contributed by atoms with E-state index in [4.69, 9.17) is 5.73 Å². The predicted molar refractivity (Wildman–Crippen MR) is 60.4 cm³/mol. The van der Waals surface area contributed by atoms with Crippen LogP contribution in [0, 0.1) is 0 Å². The first-order valence-electron chi connectivity index (χ1n) is 4.94. The SMILES string of the molecule is Nc1cccnc1SC1CCNCC1. The average molecular weight is 209 g/mol. The molecule has 1 saturated heterocycles. The number of hydrogen-bond donors (Lipinski definition) is 2. The Kier molecular flexibility index (Phi) is 3.26. The Morgan fingerprint density at radius 2 is 2.21 bits per heavy atom. The Morgan fingerprint density at radius 1 is 1.43 bits per heavy atom. The normalized spacial score (nSPS) is 18.3. The van der Waals surface area contributed by atoms with E-state index in [2.05, 4.69) is 10.3 Å². The van der Waals surface area contributed by atoms with Crippen LogP contribution in [-0.4, -0.2) is 23.3 Å². The summed E-state index contributed by atoms with van der Waals surface area (Å²) in [7, 11) is 0. The highest BCUT2D eigenvalue weighted by molar-refractivity contribution is 8.00. The van der Waals surface area contributed by atoms with Crippen molar-refractivity contribution in [3.63, 3.8) is 0 Å². The fourth-order valence-electron chi connectivity index (χ4n) is 1.57. The fourth-order valence-corrected chi connectivity index (χ4v) is 2.69. The van der Waals surface area contributed by atoms with E-state index in [-0.39, 0.29) is 0 Å². The lowest BCUT2D eigenvalue weighted by molar-refractivity contribution is 0.531. The first-order chi connectivity index (χ1) is 6.86. The Bertz CT molecular complexity index is 297. The van der Waals surface area contributed by atoms with Crippen LogP contribution in [0.25, 0.3) is 0 Å². The monoisotopic (exact) mass is 209 g/mol. The molecule has 3 nitrogen and oxygen atoms in total. The summed E-state index contributed by atoms with van der Waals surface area (Å²) in [5.41, 5.74) is 6.64. The predicted octanol–water partition coefficient (Wildman–Crippen LogP) is 1.51. The lowest BCUT2D eigenvalue weighted by atomic mass is 10.2. The van der Waals surface area contributed by atoms with Crippen LogP contribution < -0.4 is 11.1 Å². The van der Waals surface area contributed by atoms with Gasteiger partial charge in [0.2, 0.25) is 0 Å². The molecule has 0 saturated carbocycles. The number of piperidine rings is 1. The van der Waals surface area contributed by atoms with Crippen LogP contribution in [0.4, 0.5) is 5.69 Å². The molecule has 14 heavy (non-hydrogen) atoms. The number of aromatic nitrogens is 1. The second kappa shape index (κ2) is 4.66. The first-order valence-corrected chi connectivity index (χ1v) is 5.82. The van der Waals surface area contributed by atoms with Crippen molar-refractivity contribution in [1.29, 1.82) is 0 Å². The van der Waals surface area contributed by atoms with Crippen LogP contribution in [0.5, 0.6) is 0 Å². The summed E-state index contributed by atoms with van der Waals surface area (Å²) < 4.78 is 0. The fraction of sp³-hybridized carbons (Fsp3) is 0.500. The number of hydrogen-bond acceptors (Lipinski definition) is 4. The minimum atomic E-state index is 0.674.